The molecule has 0 aromatic rings. The third kappa shape index (κ3) is 10000. The summed E-state index contributed by atoms with van der Waals surface area (Å²) in [5, 5.41) is 0. The molecule has 29 heavy (non-hydrogen) atoms. The van der Waals surface area contributed by atoms with Crippen molar-refractivity contribution in [2.45, 2.75) is 0 Å². The molecule has 182 valence electrons. The Hall–Kier alpha value is 1.49. The van der Waals surface area contributed by atoms with Gasteiger partial charge in [0.2, 0.25) is 0 Å². The molecule has 0 aromatic carbocycles. The Labute approximate surface area is 200 Å². The van der Waals surface area contributed by atoms with Gasteiger partial charge in [0, 0.05) is 0 Å². The molecule has 0 radical (unpaired) electrons. The predicted octanol–water partition coefficient (Wildman–Crippen LogP) is -7.63. The summed E-state index contributed by atoms with van der Waals surface area (Å²) in [6, 6.07) is 0. The van der Waals surface area contributed by atoms with Gasteiger partial charge in [0.25, 0.3) is 0 Å². The Balaban J connectivity index is -0.0000000294. The number of hydrogen-bond donors (Lipinski definition) is 7. The third-order valence-corrected chi connectivity index (χ3v) is 0. The van der Waals surface area contributed by atoms with Gasteiger partial charge in [-0.05, 0) is 0 Å². The molecule has 29 heteroatoms. The molecule has 0 heterocycles. The zero-order valence-corrected chi connectivity index (χ0v) is 20.4. The Morgan fingerprint density at radius 3 is 0.310 bits per heavy atom. The topological polar surface area (TPSA) is 423 Å². The van der Waals surface area contributed by atoms with Gasteiger partial charge in [-0.2, -0.15) is 0 Å². The Morgan fingerprint density at radius 1 is 0.310 bits per heavy atom. The molecule has 0 aliphatic carbocycles. The van der Waals surface area contributed by atoms with Crippen LogP contribution in [0.25, 0.3) is 0 Å². The molecule has 0 fully saturated rings. The Morgan fingerprint density at radius 2 is 0.310 bits per heavy atom. The molecular formula is H7NaO21S7-6. The summed E-state index contributed by atoms with van der Waals surface area (Å²) in [5.41, 5.74) is 0. The first kappa shape index (κ1) is 52.4. The standard InChI is InChI=1S/Na.7H2O3S/c;7*1-4(2)3/h;7*(H2,1,2,3)/q+1;;;;;;;/p-7. The molecule has 0 amide bonds. The summed E-state index contributed by atoms with van der Waals surface area (Å²) in [7, 11) is 0. The average Bonchev–Trinajstić information content (AvgIpc) is 2.20. The zero-order valence-electron chi connectivity index (χ0n) is 12.7. The molecule has 0 spiro atoms. The van der Waals surface area contributed by atoms with E-state index in [0.29, 0.717) is 0 Å². The van der Waals surface area contributed by atoms with Crippen molar-refractivity contribution in [2.24, 2.45) is 0 Å². The fourth-order valence-electron chi connectivity index (χ4n) is 0. The van der Waals surface area contributed by atoms with E-state index in [1.807, 2.05) is 0 Å². The van der Waals surface area contributed by atoms with Crippen LogP contribution in [0.1, 0.15) is 0 Å². The van der Waals surface area contributed by atoms with Crippen LogP contribution in [0.3, 0.4) is 0 Å². The number of hydrogen-bond acceptors (Lipinski definition) is 14. The molecular weight excluding hydrogens is 583 g/mol. The summed E-state index contributed by atoms with van der Waals surface area (Å²) in [5.74, 6) is 0. The van der Waals surface area contributed by atoms with Crippen LogP contribution in [0.2, 0.25) is 0 Å². The molecule has 0 aromatic heterocycles. The first-order chi connectivity index (χ1) is 12.1. The largest absolute Gasteiger partial charge is 1.00 e. The van der Waals surface area contributed by atoms with Gasteiger partial charge in [-0.1, -0.05) is 0 Å². The zero-order chi connectivity index (χ0) is 25.0. The van der Waals surface area contributed by atoms with E-state index in [1.54, 1.807) is 0 Å². The van der Waals surface area contributed by atoms with Gasteiger partial charge >= 0.3 is 29.6 Å². The van der Waals surface area contributed by atoms with Crippen molar-refractivity contribution in [3.8, 4) is 0 Å². The van der Waals surface area contributed by atoms with E-state index < -0.39 is 79.5 Å². The van der Waals surface area contributed by atoms with E-state index in [1.165, 1.54) is 0 Å². The van der Waals surface area contributed by atoms with Crippen molar-refractivity contribution in [3.05, 3.63) is 0 Å². The van der Waals surface area contributed by atoms with Crippen LogP contribution >= 0.6 is 0 Å². The fourth-order valence-corrected chi connectivity index (χ4v) is 0. The van der Waals surface area contributed by atoms with Crippen LogP contribution in [0.5, 0.6) is 0 Å². The SMILES string of the molecule is O=S([O-])O.O=S([O-])O.O=S([O-])O.O=S([O-])O.O=S([O-])O.O=S([O-])O.O=S([O-])O.[Na+]. The fraction of sp³-hybridized carbons (Fsp3) is 0. The minimum atomic E-state index is -2.86. The van der Waals surface area contributed by atoms with Gasteiger partial charge in [-0.25, -0.2) is 29.5 Å². The second-order valence-electron chi connectivity index (χ2n) is 1.52. The van der Waals surface area contributed by atoms with Crippen molar-refractivity contribution in [3.63, 3.8) is 0 Å². The summed E-state index contributed by atoms with van der Waals surface area (Å²) in [6.07, 6.45) is 0. The minimum absolute atomic E-state index is 0. The quantitative estimate of drug-likeness (QED) is 0.102. The Kier molecular flexibility index (Phi) is 85.5. The minimum Gasteiger partial charge on any atom is -0.750 e. The van der Waals surface area contributed by atoms with E-state index in [-0.39, 0.29) is 29.6 Å². The first-order valence-electron chi connectivity index (χ1n) is 3.61. The van der Waals surface area contributed by atoms with Gasteiger partial charge < -0.3 is 63.7 Å². The molecule has 0 saturated heterocycles. The maximum absolute atomic E-state index is 8.56. The monoisotopic (exact) mass is 590 g/mol. The second kappa shape index (κ2) is 47.3. The molecule has 0 saturated carbocycles. The molecule has 7 atom stereocenters. The molecule has 21 nitrogen and oxygen atoms in total. The van der Waals surface area contributed by atoms with Gasteiger partial charge in [-0.15, -0.1) is 0 Å². The molecule has 0 aliphatic heterocycles. The van der Waals surface area contributed by atoms with Crippen LogP contribution in [-0.4, -0.2) is 93.2 Å². The van der Waals surface area contributed by atoms with E-state index in [0.717, 1.165) is 0 Å². The smallest absolute Gasteiger partial charge is 0.750 e. The average molecular weight is 590 g/mol. The van der Waals surface area contributed by atoms with Crippen molar-refractivity contribution in [2.75, 3.05) is 0 Å². The maximum Gasteiger partial charge on any atom is 1.00 e. The van der Waals surface area contributed by atoms with Crippen molar-refractivity contribution in [1.82, 2.24) is 0 Å². The molecule has 0 rings (SSSR count). The van der Waals surface area contributed by atoms with Crippen LogP contribution in [0.15, 0.2) is 0 Å². The van der Waals surface area contributed by atoms with Crippen molar-refractivity contribution < 1.29 is 123 Å². The van der Waals surface area contributed by atoms with Gasteiger partial charge in [-0.3, -0.25) is 0 Å². The van der Waals surface area contributed by atoms with Crippen LogP contribution in [0, 0.1) is 0 Å². The van der Waals surface area contributed by atoms with Crippen LogP contribution in [-0.2, 0) is 79.5 Å². The van der Waals surface area contributed by atoms with Crippen molar-refractivity contribution >= 4 is 79.5 Å². The van der Waals surface area contributed by atoms with E-state index in [2.05, 4.69) is 0 Å². The molecule has 0 aliphatic rings. The van der Waals surface area contributed by atoms with Gasteiger partial charge in [0.15, 0.2) is 0 Å². The van der Waals surface area contributed by atoms with Crippen molar-refractivity contribution in [1.29, 1.82) is 0 Å². The maximum atomic E-state index is 8.56. The summed E-state index contributed by atoms with van der Waals surface area (Å²) in [4.78, 5) is 0. The normalized spacial score (nSPS) is 15.0. The van der Waals surface area contributed by atoms with E-state index >= 15 is 0 Å². The second-order valence-corrected chi connectivity index (χ2v) is 4.56. The Bertz CT molecular complexity index is 308. The van der Waals surface area contributed by atoms with Crippen LogP contribution in [0.4, 0.5) is 0 Å². The molecule has 0 bridgehead atoms. The van der Waals surface area contributed by atoms with E-state index in [4.69, 9.17) is 93.2 Å². The third-order valence-electron chi connectivity index (χ3n) is 0. The predicted molar refractivity (Wildman–Crippen MR) is 80.8 cm³/mol. The summed E-state index contributed by atoms with van der Waals surface area (Å²) < 4.78 is 169. The molecule has 7 unspecified atom stereocenters. The van der Waals surface area contributed by atoms with Gasteiger partial charge in [0.1, 0.15) is 0 Å². The first-order valence-corrected chi connectivity index (χ1v) is 10.8. The van der Waals surface area contributed by atoms with E-state index in [9.17, 15) is 0 Å². The van der Waals surface area contributed by atoms with Crippen LogP contribution < -0.4 is 29.6 Å². The summed E-state index contributed by atoms with van der Waals surface area (Å²) in [6.45, 7) is 0. The summed E-state index contributed by atoms with van der Waals surface area (Å²) >= 11 is -20.0. The van der Waals surface area contributed by atoms with Gasteiger partial charge in [0.05, 0.1) is 79.5 Å². The molecule has 7 N–H and O–H groups in total. The number of rotatable bonds is 0.